The third-order valence-electron chi connectivity index (χ3n) is 2.74. The summed E-state index contributed by atoms with van der Waals surface area (Å²) in [5.41, 5.74) is 0.470. The maximum Gasteiger partial charge on any atom is 0.262 e. The Morgan fingerprint density at radius 3 is 2.52 bits per heavy atom. The monoisotopic (exact) mass is 307 g/mol. The number of hydrogen-bond acceptors (Lipinski definition) is 5. The van der Waals surface area contributed by atoms with Gasteiger partial charge in [-0.25, -0.2) is 13.4 Å². The van der Waals surface area contributed by atoms with Gasteiger partial charge in [0, 0.05) is 24.5 Å². The van der Waals surface area contributed by atoms with E-state index in [0.717, 1.165) is 0 Å². The van der Waals surface area contributed by atoms with Gasteiger partial charge < -0.3 is 10.1 Å². The summed E-state index contributed by atoms with van der Waals surface area (Å²) in [6.45, 7) is 2.58. The Morgan fingerprint density at radius 1 is 1.19 bits per heavy atom. The zero-order valence-electron chi connectivity index (χ0n) is 11.8. The topological polar surface area (TPSA) is 80.3 Å². The molecule has 0 atom stereocenters. The molecule has 0 aliphatic rings. The lowest BCUT2D eigenvalue weighted by molar-refractivity contribution is 0.415. The van der Waals surface area contributed by atoms with Crippen molar-refractivity contribution in [2.45, 2.75) is 11.8 Å². The van der Waals surface area contributed by atoms with Gasteiger partial charge in [0.15, 0.2) is 0 Å². The number of sulfonamides is 1. The second-order valence-corrected chi connectivity index (χ2v) is 5.92. The maximum absolute atomic E-state index is 12.3. The summed E-state index contributed by atoms with van der Waals surface area (Å²) in [4.78, 5) is 4.21. The van der Waals surface area contributed by atoms with Crippen molar-refractivity contribution in [1.29, 1.82) is 0 Å². The van der Waals surface area contributed by atoms with Crippen LogP contribution in [0.15, 0.2) is 47.5 Å². The summed E-state index contributed by atoms with van der Waals surface area (Å²) in [6, 6.07) is 9.61. The second kappa shape index (κ2) is 6.45. The van der Waals surface area contributed by atoms with Crippen LogP contribution in [0.2, 0.25) is 0 Å². The number of hydrogen-bond donors (Lipinski definition) is 2. The molecule has 0 amide bonds. The molecule has 2 N–H and O–H groups in total. The van der Waals surface area contributed by atoms with E-state index >= 15 is 0 Å². The lowest BCUT2D eigenvalue weighted by Crippen LogP contribution is -2.13. The molecule has 0 fully saturated rings. The van der Waals surface area contributed by atoms with Gasteiger partial charge in [-0.3, -0.25) is 4.72 Å². The van der Waals surface area contributed by atoms with Crippen molar-refractivity contribution in [2.24, 2.45) is 0 Å². The van der Waals surface area contributed by atoms with Crippen LogP contribution in [0, 0.1) is 0 Å². The Hall–Kier alpha value is -2.28. The van der Waals surface area contributed by atoms with Crippen molar-refractivity contribution in [1.82, 2.24) is 4.98 Å². The number of methoxy groups -OCH3 is 1. The van der Waals surface area contributed by atoms with Crippen molar-refractivity contribution < 1.29 is 13.2 Å². The number of benzene rings is 1. The third kappa shape index (κ3) is 3.85. The second-order valence-electron chi connectivity index (χ2n) is 4.24. The van der Waals surface area contributed by atoms with Crippen molar-refractivity contribution >= 4 is 21.5 Å². The van der Waals surface area contributed by atoms with Crippen LogP contribution in [0.5, 0.6) is 5.75 Å². The average molecular weight is 307 g/mol. The Kier molecular flexibility index (Phi) is 4.64. The number of anilines is 2. The minimum atomic E-state index is -3.64. The van der Waals surface area contributed by atoms with Crippen molar-refractivity contribution in [2.75, 3.05) is 23.7 Å². The molecular weight excluding hydrogens is 290 g/mol. The van der Waals surface area contributed by atoms with E-state index in [4.69, 9.17) is 4.74 Å². The van der Waals surface area contributed by atoms with E-state index in [1.165, 1.54) is 18.3 Å². The highest BCUT2D eigenvalue weighted by Gasteiger charge is 2.15. The lowest BCUT2D eigenvalue weighted by Gasteiger charge is -2.10. The van der Waals surface area contributed by atoms with Crippen molar-refractivity contribution in [3.63, 3.8) is 0 Å². The van der Waals surface area contributed by atoms with Gasteiger partial charge in [0.05, 0.1) is 12.0 Å². The van der Waals surface area contributed by atoms with Crippen LogP contribution in [-0.4, -0.2) is 27.1 Å². The number of ether oxygens (including phenoxy) is 1. The number of aromatic nitrogens is 1. The molecule has 0 unspecified atom stereocenters. The molecule has 0 bridgehead atoms. The fraction of sp³-hybridized carbons (Fsp3) is 0.214. The van der Waals surface area contributed by atoms with Crippen LogP contribution >= 0.6 is 0 Å². The normalized spacial score (nSPS) is 11.0. The predicted molar refractivity (Wildman–Crippen MR) is 82.2 cm³/mol. The van der Waals surface area contributed by atoms with Gasteiger partial charge >= 0.3 is 0 Å². The third-order valence-corrected chi connectivity index (χ3v) is 4.12. The van der Waals surface area contributed by atoms with Gasteiger partial charge in [0.25, 0.3) is 10.0 Å². The molecular formula is C14H17N3O3S. The molecule has 0 aliphatic heterocycles. The largest absolute Gasteiger partial charge is 0.497 e. The molecule has 6 nitrogen and oxygen atoms in total. The summed E-state index contributed by atoms with van der Waals surface area (Å²) in [7, 11) is -2.09. The zero-order chi connectivity index (χ0) is 15.3. The first-order chi connectivity index (χ1) is 10.0. The highest BCUT2D eigenvalue weighted by Crippen LogP contribution is 2.20. The lowest BCUT2D eigenvalue weighted by atomic mass is 10.3. The quantitative estimate of drug-likeness (QED) is 0.856. The molecule has 0 aliphatic carbocycles. The van der Waals surface area contributed by atoms with E-state index in [-0.39, 0.29) is 4.90 Å². The van der Waals surface area contributed by atoms with Crippen LogP contribution in [0.1, 0.15) is 6.92 Å². The minimum Gasteiger partial charge on any atom is -0.497 e. The van der Waals surface area contributed by atoms with Crippen molar-refractivity contribution in [3.8, 4) is 5.75 Å². The highest BCUT2D eigenvalue weighted by molar-refractivity contribution is 7.92. The average Bonchev–Trinajstić information content (AvgIpc) is 2.48. The summed E-state index contributed by atoms with van der Waals surface area (Å²) in [5, 5.41) is 2.98. The zero-order valence-corrected chi connectivity index (χ0v) is 12.6. The van der Waals surface area contributed by atoms with Gasteiger partial charge in [-0.15, -0.1) is 0 Å². The SMILES string of the molecule is CCNc1cc(S(=O)(=O)Nc2ccc(OC)cc2)ccn1. The molecule has 7 heteroatoms. The van der Waals surface area contributed by atoms with Gasteiger partial charge in [-0.1, -0.05) is 0 Å². The van der Waals surface area contributed by atoms with Crippen LogP contribution in [-0.2, 0) is 10.0 Å². The smallest absolute Gasteiger partial charge is 0.262 e. The molecule has 0 saturated carbocycles. The molecule has 1 aromatic carbocycles. The van der Waals surface area contributed by atoms with Crippen LogP contribution in [0.3, 0.4) is 0 Å². The molecule has 2 rings (SSSR count). The molecule has 1 heterocycles. The molecule has 21 heavy (non-hydrogen) atoms. The summed E-state index contributed by atoms with van der Waals surface area (Å²) in [5.74, 6) is 1.19. The first-order valence-corrected chi connectivity index (χ1v) is 7.90. The molecule has 0 saturated heterocycles. The summed E-state index contributed by atoms with van der Waals surface area (Å²) >= 11 is 0. The first kappa shape index (κ1) is 15.1. The Bertz CT molecular complexity index is 700. The molecule has 1 aromatic heterocycles. The fourth-order valence-electron chi connectivity index (χ4n) is 1.73. The van der Waals surface area contributed by atoms with E-state index in [1.807, 2.05) is 6.92 Å². The molecule has 0 spiro atoms. The number of nitrogens with zero attached hydrogens (tertiary/aromatic N) is 1. The van der Waals surface area contributed by atoms with Gasteiger partial charge in [0.2, 0.25) is 0 Å². The Balaban J connectivity index is 2.22. The highest BCUT2D eigenvalue weighted by atomic mass is 32.2. The molecule has 2 aromatic rings. The summed E-state index contributed by atoms with van der Waals surface area (Å²) < 4.78 is 32.2. The summed E-state index contributed by atoms with van der Waals surface area (Å²) in [6.07, 6.45) is 1.46. The standard InChI is InChI=1S/C14H17N3O3S/c1-3-15-14-10-13(8-9-16-14)21(18,19)17-11-4-6-12(20-2)7-5-11/h4-10,17H,3H2,1-2H3,(H,15,16). The van der Waals surface area contributed by atoms with E-state index in [1.54, 1.807) is 31.4 Å². The minimum absolute atomic E-state index is 0.157. The molecule has 112 valence electrons. The Labute approximate surface area is 124 Å². The van der Waals surface area contributed by atoms with Crippen LogP contribution in [0.4, 0.5) is 11.5 Å². The maximum atomic E-state index is 12.3. The van der Waals surface area contributed by atoms with E-state index in [2.05, 4.69) is 15.0 Å². The van der Waals surface area contributed by atoms with E-state index in [9.17, 15) is 8.42 Å². The number of rotatable bonds is 6. The van der Waals surface area contributed by atoms with Gasteiger partial charge in [-0.2, -0.15) is 0 Å². The van der Waals surface area contributed by atoms with Gasteiger partial charge in [0.1, 0.15) is 11.6 Å². The molecule has 0 radical (unpaired) electrons. The number of nitrogens with one attached hydrogen (secondary N) is 2. The predicted octanol–water partition coefficient (Wildman–Crippen LogP) is 2.32. The van der Waals surface area contributed by atoms with Gasteiger partial charge in [-0.05, 0) is 37.3 Å². The Morgan fingerprint density at radius 2 is 1.90 bits per heavy atom. The van der Waals surface area contributed by atoms with E-state index < -0.39 is 10.0 Å². The number of pyridine rings is 1. The van der Waals surface area contributed by atoms with Crippen LogP contribution in [0.25, 0.3) is 0 Å². The first-order valence-electron chi connectivity index (χ1n) is 6.42. The van der Waals surface area contributed by atoms with Crippen molar-refractivity contribution in [3.05, 3.63) is 42.6 Å². The van der Waals surface area contributed by atoms with Crippen LogP contribution < -0.4 is 14.8 Å². The fourth-order valence-corrected chi connectivity index (χ4v) is 2.80. The van der Waals surface area contributed by atoms with E-state index in [0.29, 0.717) is 23.8 Å².